The average Bonchev–Trinajstić information content (AvgIpc) is 3.30. The molecule has 0 bridgehead atoms. The predicted molar refractivity (Wildman–Crippen MR) is 117 cm³/mol. The van der Waals surface area contributed by atoms with Gasteiger partial charge in [-0.25, -0.2) is 4.68 Å². The molecule has 3 aromatic heterocycles. The smallest absolute Gasteiger partial charge is 0.291 e. The molecule has 0 aliphatic heterocycles. The van der Waals surface area contributed by atoms with Crippen LogP contribution in [0.15, 0.2) is 65.7 Å². The van der Waals surface area contributed by atoms with E-state index in [9.17, 15) is 9.59 Å². The van der Waals surface area contributed by atoms with E-state index in [0.29, 0.717) is 18.5 Å². The fourth-order valence-electron chi connectivity index (χ4n) is 4.09. The Morgan fingerprint density at radius 1 is 1.07 bits per heavy atom. The molecule has 0 atom stereocenters. The standard InChI is InChI=1S/C23H21N5O2/c1-27-20-9-5-3-7-17(20)18-13-26-28(23(30)22(18)27)14-21(29)24-11-10-15-12-25-19-8-4-2-6-16(15)19/h2-9,12-13,25H,10-11,14H2,1H3,(H,24,29). The first-order valence-corrected chi connectivity index (χ1v) is 9.88. The molecule has 7 nitrogen and oxygen atoms in total. The summed E-state index contributed by atoms with van der Waals surface area (Å²) in [6.07, 6.45) is 4.34. The molecule has 5 aromatic rings. The van der Waals surface area contributed by atoms with Gasteiger partial charge in [-0.05, 0) is 24.1 Å². The van der Waals surface area contributed by atoms with Gasteiger partial charge < -0.3 is 14.9 Å². The molecule has 2 N–H and O–H groups in total. The van der Waals surface area contributed by atoms with Gasteiger partial charge in [0.15, 0.2) is 0 Å². The minimum Gasteiger partial charge on any atom is -0.361 e. The highest BCUT2D eigenvalue weighted by molar-refractivity contribution is 6.07. The molecule has 0 aliphatic carbocycles. The molecule has 0 aliphatic rings. The number of aromatic nitrogens is 4. The second-order valence-electron chi connectivity index (χ2n) is 7.41. The van der Waals surface area contributed by atoms with Gasteiger partial charge in [0.25, 0.3) is 5.56 Å². The zero-order valence-electron chi connectivity index (χ0n) is 16.6. The highest BCUT2D eigenvalue weighted by Crippen LogP contribution is 2.24. The van der Waals surface area contributed by atoms with Crippen LogP contribution in [-0.2, 0) is 24.8 Å². The molecule has 5 rings (SSSR count). The van der Waals surface area contributed by atoms with Crippen molar-refractivity contribution in [2.75, 3.05) is 6.54 Å². The van der Waals surface area contributed by atoms with Crippen LogP contribution in [0.25, 0.3) is 32.7 Å². The number of carbonyl (C=O) groups excluding carboxylic acids is 1. The molecular formula is C23H21N5O2. The minimum absolute atomic E-state index is 0.107. The van der Waals surface area contributed by atoms with Gasteiger partial charge in [-0.2, -0.15) is 5.10 Å². The summed E-state index contributed by atoms with van der Waals surface area (Å²) in [5.74, 6) is -0.234. The summed E-state index contributed by atoms with van der Waals surface area (Å²) >= 11 is 0. The van der Waals surface area contributed by atoms with E-state index in [4.69, 9.17) is 0 Å². The Morgan fingerprint density at radius 3 is 2.70 bits per heavy atom. The first-order chi connectivity index (χ1) is 14.6. The van der Waals surface area contributed by atoms with E-state index in [-0.39, 0.29) is 18.0 Å². The number of amides is 1. The van der Waals surface area contributed by atoms with Crippen LogP contribution in [0.2, 0.25) is 0 Å². The summed E-state index contributed by atoms with van der Waals surface area (Å²) in [5.41, 5.74) is 3.49. The molecule has 7 heteroatoms. The highest BCUT2D eigenvalue weighted by atomic mass is 16.2. The van der Waals surface area contributed by atoms with Crippen LogP contribution < -0.4 is 10.9 Å². The first kappa shape index (κ1) is 18.2. The molecule has 30 heavy (non-hydrogen) atoms. The van der Waals surface area contributed by atoms with Crippen LogP contribution >= 0.6 is 0 Å². The molecule has 0 saturated heterocycles. The van der Waals surface area contributed by atoms with Crippen molar-refractivity contribution >= 4 is 38.6 Å². The number of aryl methyl sites for hydroxylation is 1. The van der Waals surface area contributed by atoms with Crippen molar-refractivity contribution in [3.63, 3.8) is 0 Å². The fraction of sp³-hybridized carbons (Fsp3) is 0.174. The summed E-state index contributed by atoms with van der Waals surface area (Å²) in [7, 11) is 1.86. The monoisotopic (exact) mass is 399 g/mol. The van der Waals surface area contributed by atoms with E-state index in [1.165, 1.54) is 4.68 Å². The van der Waals surface area contributed by atoms with Crippen molar-refractivity contribution in [1.29, 1.82) is 0 Å². The third-order valence-corrected chi connectivity index (χ3v) is 5.59. The molecule has 0 unspecified atom stereocenters. The molecule has 0 fully saturated rings. The van der Waals surface area contributed by atoms with E-state index in [2.05, 4.69) is 21.5 Å². The molecule has 1 amide bonds. The largest absolute Gasteiger partial charge is 0.361 e. The van der Waals surface area contributed by atoms with E-state index in [0.717, 1.165) is 32.8 Å². The Hall–Kier alpha value is -3.87. The van der Waals surface area contributed by atoms with E-state index < -0.39 is 0 Å². The number of nitrogens with zero attached hydrogens (tertiary/aromatic N) is 3. The quantitative estimate of drug-likeness (QED) is 0.477. The molecule has 0 saturated carbocycles. The highest BCUT2D eigenvalue weighted by Gasteiger charge is 2.15. The number of carbonyl (C=O) groups is 1. The fourth-order valence-corrected chi connectivity index (χ4v) is 4.09. The van der Waals surface area contributed by atoms with Gasteiger partial charge >= 0.3 is 0 Å². The maximum Gasteiger partial charge on any atom is 0.291 e. The number of para-hydroxylation sites is 2. The number of H-pyrrole nitrogens is 1. The third-order valence-electron chi connectivity index (χ3n) is 5.59. The van der Waals surface area contributed by atoms with Gasteiger partial charge in [-0.15, -0.1) is 0 Å². The van der Waals surface area contributed by atoms with Gasteiger partial charge in [0.05, 0.1) is 6.20 Å². The number of nitrogens with one attached hydrogen (secondary N) is 2. The van der Waals surface area contributed by atoms with Crippen molar-refractivity contribution in [2.24, 2.45) is 7.05 Å². The van der Waals surface area contributed by atoms with Crippen molar-refractivity contribution < 1.29 is 4.79 Å². The van der Waals surface area contributed by atoms with Crippen LogP contribution in [0.3, 0.4) is 0 Å². The average molecular weight is 399 g/mol. The predicted octanol–water partition coefficient (Wildman–Crippen LogP) is 2.73. The summed E-state index contributed by atoms with van der Waals surface area (Å²) in [4.78, 5) is 28.6. The lowest BCUT2D eigenvalue weighted by molar-refractivity contribution is -0.121. The van der Waals surface area contributed by atoms with Gasteiger partial charge in [-0.3, -0.25) is 9.59 Å². The topological polar surface area (TPSA) is 84.7 Å². The number of fused-ring (bicyclic) bond motifs is 4. The SMILES string of the molecule is Cn1c2ccccc2c2cnn(CC(=O)NCCc3c[nH]c4ccccc34)c(=O)c21. The number of hydrogen-bond acceptors (Lipinski definition) is 3. The Morgan fingerprint density at radius 2 is 1.83 bits per heavy atom. The second kappa shape index (κ2) is 7.18. The molecule has 2 aromatic carbocycles. The zero-order valence-corrected chi connectivity index (χ0v) is 16.6. The van der Waals surface area contributed by atoms with Crippen LogP contribution in [0.5, 0.6) is 0 Å². The Bertz CT molecular complexity index is 1460. The van der Waals surface area contributed by atoms with E-state index in [1.54, 1.807) is 6.20 Å². The summed E-state index contributed by atoms with van der Waals surface area (Å²) in [5, 5.41) is 10.1. The summed E-state index contributed by atoms with van der Waals surface area (Å²) in [6, 6.07) is 15.9. The normalized spacial score (nSPS) is 11.5. The summed E-state index contributed by atoms with van der Waals surface area (Å²) in [6.45, 7) is 0.385. The number of hydrogen-bond donors (Lipinski definition) is 2. The van der Waals surface area contributed by atoms with E-state index >= 15 is 0 Å². The van der Waals surface area contributed by atoms with Gasteiger partial charge in [0, 0.05) is 47.0 Å². The Kier molecular flexibility index (Phi) is 4.35. The van der Waals surface area contributed by atoms with Gasteiger partial charge in [-0.1, -0.05) is 36.4 Å². The van der Waals surface area contributed by atoms with Gasteiger partial charge in [0.2, 0.25) is 5.91 Å². The maximum absolute atomic E-state index is 13.0. The molecule has 0 radical (unpaired) electrons. The van der Waals surface area contributed by atoms with Crippen molar-refractivity contribution in [3.8, 4) is 0 Å². The number of benzene rings is 2. The van der Waals surface area contributed by atoms with Gasteiger partial charge in [0.1, 0.15) is 12.1 Å². The second-order valence-corrected chi connectivity index (χ2v) is 7.41. The first-order valence-electron chi connectivity index (χ1n) is 9.88. The zero-order chi connectivity index (χ0) is 20.7. The number of aromatic amines is 1. The van der Waals surface area contributed by atoms with Crippen molar-refractivity contribution in [2.45, 2.75) is 13.0 Å². The van der Waals surface area contributed by atoms with E-state index in [1.807, 2.05) is 60.3 Å². The van der Waals surface area contributed by atoms with Crippen LogP contribution in [0.4, 0.5) is 0 Å². The Balaban J connectivity index is 1.32. The lowest BCUT2D eigenvalue weighted by Crippen LogP contribution is -2.34. The molecular weight excluding hydrogens is 378 g/mol. The van der Waals surface area contributed by atoms with Crippen LogP contribution in [0, 0.1) is 0 Å². The van der Waals surface area contributed by atoms with Crippen molar-refractivity contribution in [3.05, 3.63) is 76.8 Å². The van der Waals surface area contributed by atoms with Crippen LogP contribution in [-0.4, -0.2) is 31.8 Å². The molecule has 3 heterocycles. The Labute approximate surface area is 171 Å². The van der Waals surface area contributed by atoms with Crippen LogP contribution in [0.1, 0.15) is 5.56 Å². The maximum atomic E-state index is 13.0. The minimum atomic E-state index is -0.266. The van der Waals surface area contributed by atoms with Crippen molar-refractivity contribution in [1.82, 2.24) is 24.6 Å². The third kappa shape index (κ3) is 2.95. The lowest BCUT2D eigenvalue weighted by Gasteiger charge is -2.07. The lowest BCUT2D eigenvalue weighted by atomic mass is 10.1. The molecule has 150 valence electrons. The summed E-state index contributed by atoms with van der Waals surface area (Å²) < 4.78 is 3.09. The number of rotatable bonds is 5. The molecule has 0 spiro atoms.